The number of hydrogen-bond acceptors (Lipinski definition) is 3. The van der Waals surface area contributed by atoms with Crippen LogP contribution in [0.4, 0.5) is 0 Å². The van der Waals surface area contributed by atoms with Gasteiger partial charge in [0.2, 0.25) is 5.91 Å². The van der Waals surface area contributed by atoms with E-state index in [2.05, 4.69) is 53.4 Å². The molecule has 0 spiro atoms. The largest absolute Gasteiger partial charge is 0.379 e. The smallest absolute Gasteiger partial charge is 0.237 e. The summed E-state index contributed by atoms with van der Waals surface area (Å²) in [6.07, 6.45) is 0. The van der Waals surface area contributed by atoms with E-state index < -0.39 is 0 Å². The van der Waals surface area contributed by atoms with E-state index in [4.69, 9.17) is 4.74 Å². The molecule has 2 heterocycles. The molecule has 0 radical (unpaired) electrons. The van der Waals surface area contributed by atoms with Crippen LogP contribution < -0.4 is 0 Å². The second kappa shape index (κ2) is 7.38. The molecule has 2 aliphatic rings. The van der Waals surface area contributed by atoms with Crippen LogP contribution in [0.2, 0.25) is 0 Å². The number of morpholine rings is 1. The van der Waals surface area contributed by atoms with Crippen LogP contribution in [0.5, 0.6) is 0 Å². The Morgan fingerprint density at radius 1 is 1.00 bits per heavy atom. The predicted octanol–water partition coefficient (Wildman–Crippen LogP) is 2.49. The number of benzene rings is 2. The second-order valence-electron chi connectivity index (χ2n) is 6.82. The van der Waals surface area contributed by atoms with Crippen molar-refractivity contribution in [1.82, 2.24) is 9.80 Å². The first-order valence-electron chi connectivity index (χ1n) is 9.02. The number of fused-ring (bicyclic) bond motifs is 1. The highest BCUT2D eigenvalue weighted by Crippen LogP contribution is 2.33. The summed E-state index contributed by atoms with van der Waals surface area (Å²) >= 11 is 0. The standard InChI is InChI=1S/C21H24N2O2/c24-21(16-22-10-12-25-13-11-22)23-14-18-8-4-5-9-19(18)20(15-23)17-6-2-1-3-7-17/h1-9,20H,10-16H2. The zero-order valence-corrected chi connectivity index (χ0v) is 14.4. The van der Waals surface area contributed by atoms with Gasteiger partial charge in [0.1, 0.15) is 0 Å². The minimum absolute atomic E-state index is 0.220. The van der Waals surface area contributed by atoms with Gasteiger partial charge in [-0.1, -0.05) is 54.6 Å². The van der Waals surface area contributed by atoms with Crippen molar-refractivity contribution in [3.63, 3.8) is 0 Å². The number of rotatable bonds is 3. The van der Waals surface area contributed by atoms with E-state index in [1.165, 1.54) is 16.7 Å². The third kappa shape index (κ3) is 3.60. The van der Waals surface area contributed by atoms with Crippen molar-refractivity contribution in [2.75, 3.05) is 39.4 Å². The summed E-state index contributed by atoms with van der Waals surface area (Å²) < 4.78 is 5.38. The highest BCUT2D eigenvalue weighted by molar-refractivity contribution is 5.79. The molecule has 1 atom stereocenters. The zero-order chi connectivity index (χ0) is 17.1. The van der Waals surface area contributed by atoms with Crippen LogP contribution in [0, 0.1) is 0 Å². The molecule has 0 aromatic heterocycles. The first-order valence-corrected chi connectivity index (χ1v) is 9.02. The van der Waals surface area contributed by atoms with Crippen molar-refractivity contribution in [3.8, 4) is 0 Å². The van der Waals surface area contributed by atoms with Crippen molar-refractivity contribution in [1.29, 1.82) is 0 Å². The van der Waals surface area contributed by atoms with Crippen molar-refractivity contribution < 1.29 is 9.53 Å². The molecule has 0 saturated carbocycles. The fourth-order valence-corrected chi connectivity index (χ4v) is 3.82. The van der Waals surface area contributed by atoms with Gasteiger partial charge in [-0.3, -0.25) is 9.69 Å². The third-order valence-corrected chi connectivity index (χ3v) is 5.21. The molecule has 2 aromatic rings. The van der Waals surface area contributed by atoms with Crippen molar-refractivity contribution in [2.45, 2.75) is 12.5 Å². The number of carbonyl (C=O) groups excluding carboxylic acids is 1. The maximum atomic E-state index is 12.9. The van der Waals surface area contributed by atoms with E-state index in [-0.39, 0.29) is 11.8 Å². The number of hydrogen-bond donors (Lipinski definition) is 0. The molecule has 1 saturated heterocycles. The summed E-state index contributed by atoms with van der Waals surface area (Å²) in [7, 11) is 0. The molecule has 0 bridgehead atoms. The Morgan fingerprint density at radius 3 is 2.52 bits per heavy atom. The van der Waals surface area contributed by atoms with E-state index in [0.29, 0.717) is 13.1 Å². The Bertz CT molecular complexity index is 726. The molecule has 0 aliphatic carbocycles. The van der Waals surface area contributed by atoms with Crippen LogP contribution in [0.3, 0.4) is 0 Å². The molecule has 2 aliphatic heterocycles. The van der Waals surface area contributed by atoms with Crippen molar-refractivity contribution in [3.05, 3.63) is 71.3 Å². The van der Waals surface area contributed by atoms with Gasteiger partial charge in [-0.05, 0) is 16.7 Å². The van der Waals surface area contributed by atoms with Crippen LogP contribution in [-0.2, 0) is 16.1 Å². The first-order chi connectivity index (χ1) is 12.3. The van der Waals surface area contributed by atoms with E-state index in [9.17, 15) is 4.79 Å². The maximum absolute atomic E-state index is 12.9. The van der Waals surface area contributed by atoms with Crippen LogP contribution >= 0.6 is 0 Å². The molecule has 0 N–H and O–H groups in total. The number of carbonyl (C=O) groups is 1. The van der Waals surface area contributed by atoms with Gasteiger partial charge in [-0.25, -0.2) is 0 Å². The lowest BCUT2D eigenvalue weighted by atomic mass is 9.84. The molecule has 4 nitrogen and oxygen atoms in total. The molecule has 1 unspecified atom stereocenters. The average Bonchev–Trinajstić information content (AvgIpc) is 2.68. The zero-order valence-electron chi connectivity index (χ0n) is 14.4. The predicted molar refractivity (Wildman–Crippen MR) is 97.4 cm³/mol. The van der Waals surface area contributed by atoms with E-state index >= 15 is 0 Å². The van der Waals surface area contributed by atoms with Crippen LogP contribution in [0.1, 0.15) is 22.6 Å². The van der Waals surface area contributed by atoms with Gasteiger partial charge >= 0.3 is 0 Å². The fourth-order valence-electron chi connectivity index (χ4n) is 3.82. The number of ether oxygens (including phenoxy) is 1. The SMILES string of the molecule is O=C(CN1CCOCC1)N1Cc2ccccc2C(c2ccccc2)C1. The Balaban J connectivity index is 1.56. The minimum atomic E-state index is 0.220. The summed E-state index contributed by atoms with van der Waals surface area (Å²) in [4.78, 5) is 17.1. The molecule has 2 aromatic carbocycles. The van der Waals surface area contributed by atoms with Crippen molar-refractivity contribution >= 4 is 5.91 Å². The van der Waals surface area contributed by atoms with Gasteiger partial charge in [0.25, 0.3) is 0 Å². The topological polar surface area (TPSA) is 32.8 Å². The monoisotopic (exact) mass is 336 g/mol. The summed E-state index contributed by atoms with van der Waals surface area (Å²) in [5.74, 6) is 0.470. The number of amides is 1. The van der Waals surface area contributed by atoms with E-state index in [0.717, 1.165) is 32.8 Å². The molecule has 1 fully saturated rings. The van der Waals surface area contributed by atoms with Gasteiger partial charge < -0.3 is 9.64 Å². The Kier molecular flexibility index (Phi) is 4.81. The lowest BCUT2D eigenvalue weighted by molar-refractivity contribution is -0.134. The summed E-state index contributed by atoms with van der Waals surface area (Å²) in [6, 6.07) is 19.0. The Hall–Kier alpha value is -2.17. The highest BCUT2D eigenvalue weighted by Gasteiger charge is 2.29. The quantitative estimate of drug-likeness (QED) is 0.863. The molecule has 25 heavy (non-hydrogen) atoms. The Morgan fingerprint density at radius 2 is 1.72 bits per heavy atom. The number of nitrogens with zero attached hydrogens (tertiary/aromatic N) is 2. The maximum Gasteiger partial charge on any atom is 0.237 e. The lowest BCUT2D eigenvalue weighted by Gasteiger charge is -2.36. The molecule has 130 valence electrons. The summed E-state index contributed by atoms with van der Waals surface area (Å²) in [6.45, 7) is 5.10. The van der Waals surface area contributed by atoms with Gasteiger partial charge in [0.05, 0.1) is 19.8 Å². The van der Waals surface area contributed by atoms with E-state index in [1.807, 2.05) is 11.0 Å². The van der Waals surface area contributed by atoms with Gasteiger partial charge in [0, 0.05) is 32.1 Å². The molecular weight excluding hydrogens is 312 g/mol. The van der Waals surface area contributed by atoms with Crippen LogP contribution in [-0.4, -0.2) is 55.1 Å². The first kappa shape index (κ1) is 16.3. The normalized spacial score (nSPS) is 21.0. The molecule has 1 amide bonds. The second-order valence-corrected chi connectivity index (χ2v) is 6.82. The summed E-state index contributed by atoms with van der Waals surface area (Å²) in [5.41, 5.74) is 3.89. The minimum Gasteiger partial charge on any atom is -0.379 e. The third-order valence-electron chi connectivity index (χ3n) is 5.21. The van der Waals surface area contributed by atoms with Gasteiger partial charge in [-0.15, -0.1) is 0 Å². The van der Waals surface area contributed by atoms with E-state index in [1.54, 1.807) is 0 Å². The molecule has 4 rings (SSSR count). The molecule has 4 heteroatoms. The average molecular weight is 336 g/mol. The van der Waals surface area contributed by atoms with Crippen LogP contribution in [0.15, 0.2) is 54.6 Å². The fraction of sp³-hybridized carbons (Fsp3) is 0.381. The molecular formula is C21H24N2O2. The highest BCUT2D eigenvalue weighted by atomic mass is 16.5. The summed E-state index contributed by atoms with van der Waals surface area (Å²) in [5, 5.41) is 0. The Labute approximate surface area is 149 Å². The van der Waals surface area contributed by atoms with Crippen LogP contribution in [0.25, 0.3) is 0 Å². The van der Waals surface area contributed by atoms with Gasteiger partial charge in [-0.2, -0.15) is 0 Å². The lowest BCUT2D eigenvalue weighted by Crippen LogP contribution is -2.46. The van der Waals surface area contributed by atoms with Crippen molar-refractivity contribution in [2.24, 2.45) is 0 Å². The van der Waals surface area contributed by atoms with Gasteiger partial charge in [0.15, 0.2) is 0 Å².